The van der Waals surface area contributed by atoms with E-state index in [9.17, 15) is 0 Å². The van der Waals surface area contributed by atoms with Crippen LogP contribution in [0, 0.1) is 0 Å². The Bertz CT molecular complexity index is 811. The summed E-state index contributed by atoms with van der Waals surface area (Å²) in [6.45, 7) is 7.85. The maximum Gasteiger partial charge on any atom is 0.206 e. The maximum absolute atomic E-state index is 6.45. The van der Waals surface area contributed by atoms with E-state index in [2.05, 4.69) is 4.98 Å². The Hall–Kier alpha value is -0.270. The molecule has 1 aliphatic rings. The number of fused-ring (bicyclic) bond motifs is 1. The monoisotopic (exact) mass is 454 g/mol. The fraction of sp³-hybridized carbons (Fsp3) is 0.611. The molecule has 0 saturated carbocycles. The highest BCUT2D eigenvalue weighted by atomic mass is 35.5. The number of nitrogens with zero attached hydrogens (tertiary/aromatic N) is 2. The summed E-state index contributed by atoms with van der Waals surface area (Å²) < 4.78 is 20.2. The molecule has 0 bridgehead atoms. The molecule has 1 aliphatic heterocycles. The number of hydrogen-bond acceptors (Lipinski definition) is 4. The van der Waals surface area contributed by atoms with Crippen LogP contribution < -0.4 is 0 Å². The number of aromatic nitrogens is 2. The van der Waals surface area contributed by atoms with Crippen molar-refractivity contribution in [1.29, 1.82) is 0 Å². The SMILES string of the molecule is CC(C)O[C@@H]1[C@H](OC(C)C)[C@@H](CCl)O[C@H]1n1c(Cl)nc2cc(Cl)c(Cl)cc21. The van der Waals surface area contributed by atoms with Gasteiger partial charge in [0.25, 0.3) is 0 Å². The van der Waals surface area contributed by atoms with E-state index in [1.54, 1.807) is 16.7 Å². The Morgan fingerprint density at radius 3 is 2.22 bits per heavy atom. The van der Waals surface area contributed by atoms with E-state index in [0.717, 1.165) is 0 Å². The minimum atomic E-state index is -0.561. The van der Waals surface area contributed by atoms with Gasteiger partial charge in [0.15, 0.2) is 6.23 Å². The van der Waals surface area contributed by atoms with Crippen molar-refractivity contribution in [2.75, 3.05) is 5.88 Å². The first-order chi connectivity index (χ1) is 12.7. The highest BCUT2D eigenvalue weighted by Crippen LogP contribution is 2.40. The minimum Gasteiger partial charge on any atom is -0.370 e. The molecule has 2 heterocycles. The molecule has 0 amide bonds. The summed E-state index contributed by atoms with van der Waals surface area (Å²) in [6, 6.07) is 3.40. The molecule has 9 heteroatoms. The van der Waals surface area contributed by atoms with Crippen LogP contribution in [0.2, 0.25) is 15.3 Å². The van der Waals surface area contributed by atoms with Gasteiger partial charge in [0.05, 0.1) is 39.2 Å². The minimum absolute atomic E-state index is 0.00965. The lowest BCUT2D eigenvalue weighted by Gasteiger charge is -2.28. The van der Waals surface area contributed by atoms with Gasteiger partial charge < -0.3 is 14.2 Å². The standard InChI is InChI=1S/C18H22Cl4N2O3/c1-8(2)25-15-14(7-19)27-17(16(15)26-9(3)4)24-13-6-11(21)10(20)5-12(13)23-18(24)22/h5-6,8-9,14-17H,7H2,1-4H3/t14-,15-,16-,17-/m1/s1. The molecule has 1 saturated heterocycles. The molecule has 1 fully saturated rings. The van der Waals surface area contributed by atoms with Crippen LogP contribution >= 0.6 is 46.4 Å². The molecule has 1 aromatic carbocycles. The fourth-order valence-electron chi connectivity index (χ4n) is 3.28. The summed E-state index contributed by atoms with van der Waals surface area (Å²) in [7, 11) is 0. The zero-order valence-electron chi connectivity index (χ0n) is 15.5. The molecule has 3 rings (SSSR count). The lowest BCUT2D eigenvalue weighted by molar-refractivity contribution is -0.111. The Labute approximate surface area is 178 Å². The third-order valence-electron chi connectivity index (χ3n) is 4.24. The first kappa shape index (κ1) is 21.4. The molecule has 0 unspecified atom stereocenters. The largest absolute Gasteiger partial charge is 0.370 e. The van der Waals surface area contributed by atoms with E-state index in [1.807, 2.05) is 27.7 Å². The van der Waals surface area contributed by atoms with E-state index in [-0.39, 0.29) is 35.6 Å². The van der Waals surface area contributed by atoms with Crippen molar-refractivity contribution in [3.8, 4) is 0 Å². The van der Waals surface area contributed by atoms with Crippen LogP contribution in [0.3, 0.4) is 0 Å². The van der Waals surface area contributed by atoms with E-state index < -0.39 is 12.3 Å². The average Bonchev–Trinajstić information content (AvgIpc) is 3.04. The van der Waals surface area contributed by atoms with Crippen LogP contribution in [0.15, 0.2) is 12.1 Å². The predicted octanol–water partition coefficient (Wildman–Crippen LogP) is 5.72. The first-order valence-corrected chi connectivity index (χ1v) is 10.4. The second-order valence-corrected chi connectivity index (χ2v) is 8.49. The van der Waals surface area contributed by atoms with Gasteiger partial charge in [-0.1, -0.05) is 23.2 Å². The summed E-state index contributed by atoms with van der Waals surface area (Å²) in [5.41, 5.74) is 1.33. The summed E-state index contributed by atoms with van der Waals surface area (Å²) in [4.78, 5) is 4.39. The number of imidazole rings is 1. The van der Waals surface area contributed by atoms with Crippen molar-refractivity contribution >= 4 is 57.4 Å². The quantitative estimate of drug-likeness (QED) is 0.522. The molecule has 0 spiro atoms. The molecule has 1 aromatic heterocycles. The molecular formula is C18H22Cl4N2O3. The molecule has 5 nitrogen and oxygen atoms in total. The Kier molecular flexibility index (Phi) is 6.84. The van der Waals surface area contributed by atoms with Crippen LogP contribution in [-0.4, -0.2) is 46.0 Å². The van der Waals surface area contributed by atoms with Gasteiger partial charge in [0.2, 0.25) is 5.28 Å². The number of ether oxygens (including phenoxy) is 3. The Balaban J connectivity index is 2.09. The van der Waals surface area contributed by atoms with E-state index >= 15 is 0 Å². The molecule has 4 atom stereocenters. The van der Waals surface area contributed by atoms with Crippen molar-refractivity contribution in [1.82, 2.24) is 9.55 Å². The van der Waals surface area contributed by atoms with Gasteiger partial charge in [-0.3, -0.25) is 4.57 Å². The smallest absolute Gasteiger partial charge is 0.206 e. The topological polar surface area (TPSA) is 45.5 Å². The van der Waals surface area contributed by atoms with Crippen molar-refractivity contribution in [3.63, 3.8) is 0 Å². The third-order valence-corrected chi connectivity index (χ3v) is 5.53. The number of alkyl halides is 1. The van der Waals surface area contributed by atoms with Crippen LogP contribution in [0.25, 0.3) is 11.0 Å². The summed E-state index contributed by atoms with van der Waals surface area (Å²) in [5.74, 6) is 0.267. The summed E-state index contributed by atoms with van der Waals surface area (Å²) >= 11 is 24.9. The normalized spacial score (nSPS) is 26.0. The molecule has 0 aliphatic carbocycles. The van der Waals surface area contributed by atoms with Crippen LogP contribution in [0.4, 0.5) is 0 Å². The van der Waals surface area contributed by atoms with Crippen LogP contribution in [-0.2, 0) is 14.2 Å². The average molecular weight is 456 g/mol. The highest BCUT2D eigenvalue weighted by molar-refractivity contribution is 6.42. The second-order valence-electron chi connectivity index (χ2n) is 7.02. The molecular weight excluding hydrogens is 434 g/mol. The summed E-state index contributed by atoms with van der Waals surface area (Å²) in [5, 5.41) is 1.07. The maximum atomic E-state index is 6.45. The lowest BCUT2D eigenvalue weighted by atomic mass is 10.1. The van der Waals surface area contributed by atoms with E-state index in [4.69, 9.17) is 60.6 Å². The van der Waals surface area contributed by atoms with Gasteiger partial charge in [-0.2, -0.15) is 0 Å². The van der Waals surface area contributed by atoms with E-state index in [0.29, 0.717) is 21.1 Å². The van der Waals surface area contributed by atoms with Crippen molar-refractivity contribution < 1.29 is 14.2 Å². The lowest BCUT2D eigenvalue weighted by Crippen LogP contribution is -2.40. The first-order valence-electron chi connectivity index (χ1n) is 8.77. The predicted molar refractivity (Wildman–Crippen MR) is 109 cm³/mol. The highest BCUT2D eigenvalue weighted by Gasteiger charge is 2.48. The third kappa shape index (κ3) is 4.35. The molecule has 2 aromatic rings. The fourth-order valence-corrected chi connectivity index (χ4v) is 4.12. The summed E-state index contributed by atoms with van der Waals surface area (Å²) in [6.07, 6.45) is -1.72. The van der Waals surface area contributed by atoms with Gasteiger partial charge in [-0.25, -0.2) is 4.98 Å². The Morgan fingerprint density at radius 1 is 1.04 bits per heavy atom. The number of benzene rings is 1. The van der Waals surface area contributed by atoms with Gasteiger partial charge in [0, 0.05) is 0 Å². The van der Waals surface area contributed by atoms with Gasteiger partial charge in [0.1, 0.15) is 18.3 Å². The second kappa shape index (κ2) is 8.62. The molecule has 27 heavy (non-hydrogen) atoms. The number of hydrogen-bond donors (Lipinski definition) is 0. The van der Waals surface area contributed by atoms with Gasteiger partial charge in [-0.05, 0) is 51.4 Å². The van der Waals surface area contributed by atoms with Crippen LogP contribution in [0.5, 0.6) is 0 Å². The zero-order chi connectivity index (χ0) is 19.9. The molecule has 0 radical (unpaired) electrons. The van der Waals surface area contributed by atoms with E-state index in [1.165, 1.54) is 0 Å². The Morgan fingerprint density at radius 2 is 1.63 bits per heavy atom. The van der Waals surface area contributed by atoms with Crippen molar-refractivity contribution in [3.05, 3.63) is 27.5 Å². The van der Waals surface area contributed by atoms with Crippen molar-refractivity contribution in [2.24, 2.45) is 0 Å². The van der Waals surface area contributed by atoms with Crippen LogP contribution in [0.1, 0.15) is 33.9 Å². The van der Waals surface area contributed by atoms with Gasteiger partial charge in [-0.15, -0.1) is 11.6 Å². The molecule has 0 N–H and O–H groups in total. The van der Waals surface area contributed by atoms with Crippen molar-refractivity contribution in [2.45, 2.75) is 64.4 Å². The number of rotatable bonds is 6. The van der Waals surface area contributed by atoms with Gasteiger partial charge >= 0.3 is 0 Å². The zero-order valence-corrected chi connectivity index (χ0v) is 18.5. The number of halogens is 4. The molecule has 150 valence electrons.